The number of rotatable bonds is 2. The summed E-state index contributed by atoms with van der Waals surface area (Å²) in [6.07, 6.45) is 1.96. The van der Waals surface area contributed by atoms with Crippen molar-refractivity contribution in [1.29, 1.82) is 0 Å². The summed E-state index contributed by atoms with van der Waals surface area (Å²) in [5.41, 5.74) is 6.91. The van der Waals surface area contributed by atoms with Gasteiger partial charge in [-0.1, -0.05) is 32.0 Å². The van der Waals surface area contributed by atoms with Crippen molar-refractivity contribution in [2.24, 2.45) is 0 Å². The summed E-state index contributed by atoms with van der Waals surface area (Å²) in [5.74, 6) is 0.474. The van der Waals surface area contributed by atoms with Gasteiger partial charge < -0.3 is 4.42 Å². The summed E-state index contributed by atoms with van der Waals surface area (Å²) in [7, 11) is 0. The molecule has 3 nitrogen and oxygen atoms in total. The Morgan fingerprint density at radius 2 is 1.71 bits per heavy atom. The monoisotopic (exact) mass is 316 g/mol. The molecule has 0 spiro atoms. The number of aromatic nitrogens is 2. The van der Waals surface area contributed by atoms with Crippen LogP contribution in [0.25, 0.3) is 33.3 Å². The normalized spacial score (nSPS) is 11.7. The molecule has 24 heavy (non-hydrogen) atoms. The van der Waals surface area contributed by atoms with Crippen LogP contribution in [0, 0.1) is 13.8 Å². The first-order chi connectivity index (χ1) is 11.5. The number of hydrogen-bond acceptors (Lipinski definition) is 3. The molecule has 3 heteroatoms. The molecule has 3 aromatic heterocycles. The minimum absolute atomic E-state index is 0.474. The van der Waals surface area contributed by atoms with Crippen molar-refractivity contribution in [2.75, 3.05) is 0 Å². The van der Waals surface area contributed by atoms with E-state index in [0.29, 0.717) is 11.6 Å². The molecule has 0 bridgehead atoms. The molecule has 0 aliphatic heterocycles. The second-order valence-electron chi connectivity index (χ2n) is 6.67. The van der Waals surface area contributed by atoms with Gasteiger partial charge in [0.15, 0.2) is 0 Å². The van der Waals surface area contributed by atoms with Crippen LogP contribution in [0.4, 0.5) is 0 Å². The number of furan rings is 1. The van der Waals surface area contributed by atoms with Gasteiger partial charge in [0.1, 0.15) is 5.58 Å². The molecule has 4 rings (SSSR count). The lowest BCUT2D eigenvalue weighted by Gasteiger charge is -2.09. The molecule has 0 N–H and O–H groups in total. The second-order valence-corrected chi connectivity index (χ2v) is 6.67. The minimum atomic E-state index is 0.474. The summed E-state index contributed by atoms with van der Waals surface area (Å²) in [6.45, 7) is 8.43. The fraction of sp³-hybridized carbons (Fsp3) is 0.238. The van der Waals surface area contributed by atoms with E-state index >= 15 is 0 Å². The average molecular weight is 316 g/mol. The van der Waals surface area contributed by atoms with Gasteiger partial charge in [-0.3, -0.25) is 4.98 Å². The molecular weight excluding hydrogens is 296 g/mol. The number of pyridine rings is 2. The maximum atomic E-state index is 6.13. The van der Waals surface area contributed by atoms with E-state index in [4.69, 9.17) is 4.42 Å². The Morgan fingerprint density at radius 1 is 0.917 bits per heavy atom. The van der Waals surface area contributed by atoms with Gasteiger partial charge in [-0.15, -0.1) is 0 Å². The number of nitrogens with zero attached hydrogens (tertiary/aromatic N) is 2. The first-order valence-electron chi connectivity index (χ1n) is 8.30. The zero-order chi connectivity index (χ0) is 16.8. The molecule has 0 unspecified atom stereocenters. The Morgan fingerprint density at radius 3 is 2.42 bits per heavy atom. The number of aryl methyl sites for hydroxylation is 2. The Labute approximate surface area is 141 Å². The van der Waals surface area contributed by atoms with Gasteiger partial charge >= 0.3 is 0 Å². The number of hydrogen-bond donors (Lipinski definition) is 0. The van der Waals surface area contributed by atoms with Crippen LogP contribution in [0.5, 0.6) is 0 Å². The lowest BCUT2D eigenvalue weighted by Crippen LogP contribution is -1.92. The predicted octanol–water partition coefficient (Wildman–Crippen LogP) is 5.78. The topological polar surface area (TPSA) is 38.9 Å². The minimum Gasteiger partial charge on any atom is -0.437 e. The van der Waals surface area contributed by atoms with Crippen LogP contribution >= 0.6 is 0 Å². The van der Waals surface area contributed by atoms with E-state index in [1.54, 1.807) is 0 Å². The van der Waals surface area contributed by atoms with Crippen LogP contribution in [0.15, 0.2) is 47.0 Å². The first kappa shape index (κ1) is 14.9. The zero-order valence-electron chi connectivity index (χ0n) is 14.4. The van der Waals surface area contributed by atoms with Crippen LogP contribution in [-0.4, -0.2) is 9.97 Å². The van der Waals surface area contributed by atoms with Gasteiger partial charge in [0.05, 0.1) is 5.69 Å². The van der Waals surface area contributed by atoms with Crippen LogP contribution in [-0.2, 0) is 0 Å². The highest BCUT2D eigenvalue weighted by Crippen LogP contribution is 2.36. The van der Waals surface area contributed by atoms with Crippen molar-refractivity contribution >= 4 is 22.1 Å². The molecule has 0 radical (unpaired) electrons. The van der Waals surface area contributed by atoms with Crippen LogP contribution < -0.4 is 0 Å². The van der Waals surface area contributed by atoms with E-state index in [2.05, 4.69) is 61.1 Å². The van der Waals surface area contributed by atoms with Gasteiger partial charge in [-0.2, -0.15) is 0 Å². The van der Waals surface area contributed by atoms with Crippen molar-refractivity contribution in [3.05, 3.63) is 59.4 Å². The largest absolute Gasteiger partial charge is 0.437 e. The molecule has 3 heterocycles. The Balaban J connectivity index is 2.00. The standard InChI is InChI=1S/C21H20N2O/c1-12(2)15-7-10-18(22-11-15)19-13(3)5-8-16-17-9-6-14(4)23-21(17)24-20(16)19/h5-12H,1-4H3. The molecular formula is C21H20N2O. The van der Waals surface area contributed by atoms with Crippen LogP contribution in [0.3, 0.4) is 0 Å². The zero-order valence-corrected chi connectivity index (χ0v) is 14.4. The fourth-order valence-corrected chi connectivity index (χ4v) is 3.12. The third kappa shape index (κ3) is 2.28. The summed E-state index contributed by atoms with van der Waals surface area (Å²) in [5, 5.41) is 2.14. The van der Waals surface area contributed by atoms with Crippen molar-refractivity contribution in [2.45, 2.75) is 33.6 Å². The van der Waals surface area contributed by atoms with Crippen molar-refractivity contribution in [1.82, 2.24) is 9.97 Å². The highest BCUT2D eigenvalue weighted by atomic mass is 16.3. The molecule has 0 saturated heterocycles. The van der Waals surface area contributed by atoms with Crippen molar-refractivity contribution < 1.29 is 4.42 Å². The molecule has 4 aromatic rings. The summed E-state index contributed by atoms with van der Waals surface area (Å²) >= 11 is 0. The molecule has 0 amide bonds. The molecule has 0 aliphatic carbocycles. The second kappa shape index (κ2) is 5.45. The molecule has 0 fully saturated rings. The maximum absolute atomic E-state index is 6.13. The maximum Gasteiger partial charge on any atom is 0.227 e. The van der Waals surface area contributed by atoms with Gasteiger partial charge in [0.25, 0.3) is 0 Å². The lowest BCUT2D eigenvalue weighted by atomic mass is 9.99. The van der Waals surface area contributed by atoms with Crippen LogP contribution in [0.1, 0.15) is 36.6 Å². The number of benzene rings is 1. The summed E-state index contributed by atoms with van der Waals surface area (Å²) < 4.78 is 6.13. The predicted molar refractivity (Wildman–Crippen MR) is 98.3 cm³/mol. The Kier molecular flexibility index (Phi) is 3.38. The molecule has 120 valence electrons. The molecule has 0 saturated carbocycles. The molecule has 0 aliphatic rings. The van der Waals surface area contributed by atoms with Crippen molar-refractivity contribution in [3.63, 3.8) is 0 Å². The summed E-state index contributed by atoms with van der Waals surface area (Å²) in [6, 6.07) is 12.6. The van der Waals surface area contributed by atoms with E-state index in [1.807, 2.05) is 19.2 Å². The van der Waals surface area contributed by atoms with Gasteiger partial charge in [-0.25, -0.2) is 4.98 Å². The van der Waals surface area contributed by atoms with E-state index in [9.17, 15) is 0 Å². The highest BCUT2D eigenvalue weighted by Gasteiger charge is 2.16. The van der Waals surface area contributed by atoms with Gasteiger partial charge in [-0.05, 0) is 49.1 Å². The molecule has 0 atom stereocenters. The fourth-order valence-electron chi connectivity index (χ4n) is 3.12. The quantitative estimate of drug-likeness (QED) is 0.470. The van der Waals surface area contributed by atoms with Crippen LogP contribution in [0.2, 0.25) is 0 Å². The number of fused-ring (bicyclic) bond motifs is 3. The summed E-state index contributed by atoms with van der Waals surface area (Å²) in [4.78, 5) is 9.22. The first-order valence-corrected chi connectivity index (χ1v) is 8.30. The van der Waals surface area contributed by atoms with E-state index in [1.165, 1.54) is 5.56 Å². The third-order valence-electron chi connectivity index (χ3n) is 4.56. The average Bonchev–Trinajstić information content (AvgIpc) is 2.92. The van der Waals surface area contributed by atoms with Gasteiger partial charge in [0, 0.05) is 28.2 Å². The van der Waals surface area contributed by atoms with Gasteiger partial charge in [0.2, 0.25) is 5.71 Å². The molecule has 1 aromatic carbocycles. The smallest absolute Gasteiger partial charge is 0.227 e. The Hall–Kier alpha value is -2.68. The van der Waals surface area contributed by atoms with E-state index in [0.717, 1.165) is 38.9 Å². The SMILES string of the molecule is Cc1ccc2c(n1)oc1c(-c3ccc(C(C)C)cn3)c(C)ccc12. The van der Waals surface area contributed by atoms with Crippen molar-refractivity contribution in [3.8, 4) is 11.3 Å². The third-order valence-corrected chi connectivity index (χ3v) is 4.56. The highest BCUT2D eigenvalue weighted by molar-refractivity contribution is 6.08. The van der Waals surface area contributed by atoms with E-state index < -0.39 is 0 Å². The Bertz CT molecular complexity index is 1040. The van der Waals surface area contributed by atoms with E-state index in [-0.39, 0.29) is 0 Å². The lowest BCUT2D eigenvalue weighted by molar-refractivity contribution is 0.653.